The quantitative estimate of drug-likeness (QED) is 0.487. The van der Waals surface area contributed by atoms with Crippen molar-refractivity contribution in [3.8, 4) is 0 Å². The predicted molar refractivity (Wildman–Crippen MR) is 112 cm³/mol. The van der Waals surface area contributed by atoms with E-state index in [9.17, 15) is 4.79 Å². The number of furan rings is 1. The zero-order chi connectivity index (χ0) is 19.8. The molecule has 4 rings (SSSR count). The molecule has 0 aliphatic rings. The number of anilines is 1. The van der Waals surface area contributed by atoms with Crippen molar-refractivity contribution >= 4 is 40.0 Å². The maximum atomic E-state index is 13.0. The SMILES string of the molecule is CC[C@@H](Sc1nnc(C)n2c1cc1occc12)C(=O)Nc1c(C)cccc1C. The largest absolute Gasteiger partial charge is 0.463 e. The molecule has 0 aliphatic heterocycles. The second kappa shape index (κ2) is 7.31. The molecule has 1 atom stereocenters. The molecule has 0 saturated carbocycles. The van der Waals surface area contributed by atoms with Gasteiger partial charge in [-0.1, -0.05) is 36.9 Å². The van der Waals surface area contributed by atoms with Crippen LogP contribution in [0.5, 0.6) is 0 Å². The number of rotatable bonds is 5. The molecule has 28 heavy (non-hydrogen) atoms. The summed E-state index contributed by atoms with van der Waals surface area (Å²) in [7, 11) is 0. The first kappa shape index (κ1) is 18.6. The molecular weight excluding hydrogens is 372 g/mol. The fraction of sp³-hybridized carbons (Fsp3) is 0.286. The van der Waals surface area contributed by atoms with Crippen LogP contribution in [0.25, 0.3) is 16.6 Å². The van der Waals surface area contributed by atoms with Crippen LogP contribution in [0, 0.1) is 20.8 Å². The van der Waals surface area contributed by atoms with Gasteiger partial charge < -0.3 is 9.73 Å². The third-order valence-electron chi connectivity index (χ3n) is 4.90. The van der Waals surface area contributed by atoms with Crippen molar-refractivity contribution in [2.45, 2.75) is 44.4 Å². The number of carbonyl (C=O) groups is 1. The first-order chi connectivity index (χ1) is 13.5. The highest BCUT2D eigenvalue weighted by Gasteiger charge is 2.23. The van der Waals surface area contributed by atoms with Crippen LogP contribution < -0.4 is 5.32 Å². The van der Waals surface area contributed by atoms with Gasteiger partial charge in [-0.05, 0) is 38.3 Å². The van der Waals surface area contributed by atoms with Gasteiger partial charge in [0, 0.05) is 17.8 Å². The van der Waals surface area contributed by atoms with Crippen molar-refractivity contribution in [3.05, 3.63) is 53.5 Å². The van der Waals surface area contributed by atoms with E-state index in [2.05, 4.69) is 15.5 Å². The second-order valence-electron chi connectivity index (χ2n) is 6.86. The summed E-state index contributed by atoms with van der Waals surface area (Å²) in [6.45, 7) is 7.92. The Kier molecular flexibility index (Phi) is 4.85. The molecule has 1 amide bonds. The Morgan fingerprint density at radius 1 is 1.18 bits per heavy atom. The van der Waals surface area contributed by atoms with Crippen molar-refractivity contribution in [2.75, 3.05) is 5.32 Å². The molecule has 3 aromatic heterocycles. The maximum Gasteiger partial charge on any atom is 0.237 e. The van der Waals surface area contributed by atoms with Crippen LogP contribution in [0.1, 0.15) is 30.3 Å². The van der Waals surface area contributed by atoms with E-state index in [-0.39, 0.29) is 11.2 Å². The monoisotopic (exact) mass is 394 g/mol. The number of aryl methyl sites for hydroxylation is 3. The van der Waals surface area contributed by atoms with Gasteiger partial charge >= 0.3 is 0 Å². The summed E-state index contributed by atoms with van der Waals surface area (Å²) in [5.41, 5.74) is 5.64. The summed E-state index contributed by atoms with van der Waals surface area (Å²) in [6, 6.07) is 9.86. The third kappa shape index (κ3) is 3.16. The molecule has 4 aromatic rings. The topological polar surface area (TPSA) is 72.4 Å². The summed E-state index contributed by atoms with van der Waals surface area (Å²) in [4.78, 5) is 13.0. The van der Waals surface area contributed by atoms with Crippen molar-refractivity contribution in [1.82, 2.24) is 14.6 Å². The predicted octanol–water partition coefficient (Wildman–Crippen LogP) is 4.91. The molecule has 0 aliphatic carbocycles. The lowest BCUT2D eigenvalue weighted by atomic mass is 10.1. The fourth-order valence-electron chi connectivity index (χ4n) is 3.40. The van der Waals surface area contributed by atoms with Gasteiger partial charge in [-0.25, -0.2) is 0 Å². The highest BCUT2D eigenvalue weighted by Crippen LogP contribution is 2.32. The van der Waals surface area contributed by atoms with E-state index in [4.69, 9.17) is 4.42 Å². The minimum Gasteiger partial charge on any atom is -0.463 e. The number of hydrogen-bond acceptors (Lipinski definition) is 5. The molecule has 1 aromatic carbocycles. The van der Waals surface area contributed by atoms with Crippen LogP contribution in [0.2, 0.25) is 0 Å². The number of nitrogens with zero attached hydrogens (tertiary/aromatic N) is 3. The van der Waals surface area contributed by atoms with Crippen LogP contribution >= 0.6 is 11.8 Å². The minimum atomic E-state index is -0.277. The lowest BCUT2D eigenvalue weighted by Crippen LogP contribution is -2.25. The number of fused-ring (bicyclic) bond motifs is 3. The molecule has 0 bridgehead atoms. The Morgan fingerprint density at radius 2 is 1.93 bits per heavy atom. The Bertz CT molecular complexity index is 1160. The number of benzene rings is 1. The Balaban J connectivity index is 1.65. The number of thioether (sulfide) groups is 1. The van der Waals surface area contributed by atoms with Crippen molar-refractivity contribution in [1.29, 1.82) is 0 Å². The molecule has 0 saturated heterocycles. The number of para-hydroxylation sites is 1. The van der Waals surface area contributed by atoms with E-state index in [1.165, 1.54) is 11.8 Å². The van der Waals surface area contributed by atoms with E-state index in [1.807, 2.05) is 62.4 Å². The van der Waals surface area contributed by atoms with Gasteiger partial charge in [0.1, 0.15) is 10.9 Å². The van der Waals surface area contributed by atoms with Crippen molar-refractivity contribution in [3.63, 3.8) is 0 Å². The molecule has 0 spiro atoms. The van der Waals surface area contributed by atoms with Crippen LogP contribution in [0.4, 0.5) is 5.69 Å². The lowest BCUT2D eigenvalue weighted by Gasteiger charge is -2.17. The van der Waals surface area contributed by atoms with Gasteiger partial charge in [-0.2, -0.15) is 0 Å². The van der Waals surface area contributed by atoms with Gasteiger partial charge in [-0.15, -0.1) is 10.2 Å². The number of nitrogens with one attached hydrogen (secondary N) is 1. The highest BCUT2D eigenvalue weighted by atomic mass is 32.2. The summed E-state index contributed by atoms with van der Waals surface area (Å²) < 4.78 is 7.55. The van der Waals surface area contributed by atoms with E-state index in [1.54, 1.807) is 6.26 Å². The zero-order valence-electron chi connectivity index (χ0n) is 16.3. The molecule has 0 radical (unpaired) electrons. The molecule has 6 nitrogen and oxygen atoms in total. The van der Waals surface area contributed by atoms with Crippen LogP contribution in [-0.2, 0) is 4.79 Å². The first-order valence-electron chi connectivity index (χ1n) is 9.25. The minimum absolute atomic E-state index is 0.0272. The summed E-state index contributed by atoms with van der Waals surface area (Å²) in [5, 5.41) is 12.2. The molecule has 0 unspecified atom stereocenters. The van der Waals surface area contributed by atoms with E-state index < -0.39 is 0 Å². The number of hydrogen-bond donors (Lipinski definition) is 1. The van der Waals surface area contributed by atoms with E-state index in [0.717, 1.165) is 44.3 Å². The summed E-state index contributed by atoms with van der Waals surface area (Å²) in [5.74, 6) is 0.754. The Hall–Kier alpha value is -2.80. The van der Waals surface area contributed by atoms with Gasteiger partial charge in [0.05, 0.1) is 22.5 Å². The lowest BCUT2D eigenvalue weighted by molar-refractivity contribution is -0.115. The first-order valence-corrected chi connectivity index (χ1v) is 10.1. The van der Waals surface area contributed by atoms with Crippen LogP contribution in [0.3, 0.4) is 0 Å². The average molecular weight is 395 g/mol. The van der Waals surface area contributed by atoms with Gasteiger partial charge in [0.2, 0.25) is 5.91 Å². The maximum absolute atomic E-state index is 13.0. The summed E-state index contributed by atoms with van der Waals surface area (Å²) in [6.07, 6.45) is 2.34. The number of carbonyl (C=O) groups excluding carboxylic acids is 1. The van der Waals surface area contributed by atoms with Crippen molar-refractivity contribution in [2.24, 2.45) is 0 Å². The zero-order valence-corrected chi connectivity index (χ0v) is 17.1. The van der Waals surface area contributed by atoms with Gasteiger partial charge in [0.15, 0.2) is 5.58 Å². The van der Waals surface area contributed by atoms with E-state index in [0.29, 0.717) is 6.42 Å². The normalized spacial score (nSPS) is 12.6. The molecule has 144 valence electrons. The van der Waals surface area contributed by atoms with E-state index >= 15 is 0 Å². The molecule has 7 heteroatoms. The average Bonchev–Trinajstić information content (AvgIpc) is 3.26. The molecule has 0 fully saturated rings. The summed E-state index contributed by atoms with van der Waals surface area (Å²) >= 11 is 1.44. The Labute approximate surface area is 167 Å². The van der Waals surface area contributed by atoms with Gasteiger partial charge in [-0.3, -0.25) is 9.20 Å². The highest BCUT2D eigenvalue weighted by molar-refractivity contribution is 8.00. The molecular formula is C21H22N4O2S. The smallest absolute Gasteiger partial charge is 0.237 e. The number of aromatic nitrogens is 3. The van der Waals surface area contributed by atoms with Crippen molar-refractivity contribution < 1.29 is 9.21 Å². The molecule has 1 N–H and O–H groups in total. The molecule has 3 heterocycles. The van der Waals surface area contributed by atoms with Gasteiger partial charge in [0.25, 0.3) is 0 Å². The second-order valence-corrected chi connectivity index (χ2v) is 8.05. The number of amides is 1. The third-order valence-corrected chi connectivity index (χ3v) is 6.24. The van der Waals surface area contributed by atoms with Crippen LogP contribution in [-0.4, -0.2) is 25.8 Å². The fourth-order valence-corrected chi connectivity index (χ4v) is 4.36. The standard InChI is InChI=1S/C21H22N4O2S/c1-5-18(20(26)22-19-12(2)7-6-8-13(19)3)28-21-16-11-17-15(9-10-27-17)25(16)14(4)23-24-21/h6-11,18H,5H2,1-4H3,(H,22,26)/t18-/m1/s1. The Morgan fingerprint density at radius 3 is 2.64 bits per heavy atom. The van der Waals surface area contributed by atoms with Crippen LogP contribution in [0.15, 0.2) is 46.0 Å².